The minimum absolute atomic E-state index is 0.285. The first-order chi connectivity index (χ1) is 7.66. The molecule has 1 aromatic carbocycles. The molecule has 0 atom stereocenters. The van der Waals surface area contributed by atoms with Gasteiger partial charge in [-0.05, 0) is 12.1 Å². The van der Waals surface area contributed by atoms with Crippen molar-refractivity contribution in [1.29, 1.82) is 0 Å². The van der Waals surface area contributed by atoms with Crippen molar-refractivity contribution in [2.75, 3.05) is 12.8 Å². The highest BCUT2D eigenvalue weighted by atomic mass is 16.5. The number of para-hydroxylation sites is 1. The molecule has 0 fully saturated rings. The Hall–Kier alpha value is -1.71. The van der Waals surface area contributed by atoms with Gasteiger partial charge in [-0.3, -0.25) is 4.79 Å². The minimum Gasteiger partial charge on any atom is -0.495 e. The zero-order valence-corrected chi connectivity index (χ0v) is 10.7. The highest BCUT2D eigenvalue weighted by Gasteiger charge is 2.08. The molecule has 1 rings (SSSR count). The van der Waals surface area contributed by atoms with Crippen molar-refractivity contribution in [2.45, 2.75) is 27.7 Å². The third-order valence-corrected chi connectivity index (χ3v) is 1.55. The Balaban J connectivity index is 0. The molecule has 0 aliphatic carbocycles. The van der Waals surface area contributed by atoms with Crippen LogP contribution in [-0.4, -0.2) is 13.0 Å². The number of nitrogen functional groups attached to an aromatic ring is 1. The molecule has 4 N–H and O–H groups in total. The van der Waals surface area contributed by atoms with Gasteiger partial charge < -0.3 is 16.2 Å². The lowest BCUT2D eigenvalue weighted by Crippen LogP contribution is -2.13. The standard InChI is InChI=1S/C8H10N2O2.2C2H6/c1-12-6-4-2-3-5(7(6)9)8(10)11;2*1-2/h2-4H,9H2,1H3,(H2,10,11);2*1-2H3. The average Bonchev–Trinajstić information content (AvgIpc) is 2.34. The van der Waals surface area contributed by atoms with Crippen molar-refractivity contribution < 1.29 is 9.53 Å². The van der Waals surface area contributed by atoms with E-state index in [1.165, 1.54) is 7.11 Å². The Morgan fingerprint density at radius 2 is 1.69 bits per heavy atom. The Labute approximate surface area is 97.6 Å². The number of benzene rings is 1. The van der Waals surface area contributed by atoms with Gasteiger partial charge in [0.2, 0.25) is 0 Å². The third-order valence-electron chi connectivity index (χ3n) is 1.55. The average molecular weight is 226 g/mol. The van der Waals surface area contributed by atoms with Crippen LogP contribution in [0.25, 0.3) is 0 Å². The second-order valence-corrected chi connectivity index (χ2v) is 2.29. The molecule has 92 valence electrons. The van der Waals surface area contributed by atoms with Gasteiger partial charge in [-0.15, -0.1) is 0 Å². The predicted molar refractivity (Wildman–Crippen MR) is 68.6 cm³/mol. The van der Waals surface area contributed by atoms with Crippen LogP contribution in [0, 0.1) is 0 Å². The Kier molecular flexibility index (Phi) is 10.3. The number of carbonyl (C=O) groups excluding carboxylic acids is 1. The van der Waals surface area contributed by atoms with Gasteiger partial charge in [-0.2, -0.15) is 0 Å². The van der Waals surface area contributed by atoms with Crippen LogP contribution in [0.2, 0.25) is 0 Å². The Bertz CT molecular complexity index is 312. The molecule has 0 saturated heterocycles. The Morgan fingerprint density at radius 1 is 1.19 bits per heavy atom. The zero-order valence-electron chi connectivity index (χ0n) is 10.7. The first-order valence-electron chi connectivity index (χ1n) is 5.39. The maximum atomic E-state index is 10.8. The van der Waals surface area contributed by atoms with E-state index in [4.69, 9.17) is 16.2 Å². The van der Waals surface area contributed by atoms with Gasteiger partial charge in [0, 0.05) is 0 Å². The van der Waals surface area contributed by atoms with Gasteiger partial charge in [0.25, 0.3) is 5.91 Å². The van der Waals surface area contributed by atoms with Gasteiger partial charge in [0.15, 0.2) is 0 Å². The van der Waals surface area contributed by atoms with E-state index in [-0.39, 0.29) is 11.3 Å². The number of primary amides is 1. The molecule has 1 amide bonds. The topological polar surface area (TPSA) is 78.3 Å². The molecule has 16 heavy (non-hydrogen) atoms. The van der Waals surface area contributed by atoms with E-state index in [0.29, 0.717) is 5.75 Å². The number of hydrogen-bond acceptors (Lipinski definition) is 3. The SMILES string of the molecule is CC.CC.COc1cccc(C(N)=O)c1N. The first kappa shape index (κ1) is 16.7. The summed E-state index contributed by atoms with van der Waals surface area (Å²) in [5.41, 5.74) is 11.2. The molecule has 4 nitrogen and oxygen atoms in total. The van der Waals surface area contributed by atoms with Gasteiger partial charge in [-0.1, -0.05) is 33.8 Å². The summed E-state index contributed by atoms with van der Waals surface area (Å²) in [5, 5.41) is 0. The second kappa shape index (κ2) is 9.83. The van der Waals surface area contributed by atoms with Crippen molar-refractivity contribution in [2.24, 2.45) is 5.73 Å². The quantitative estimate of drug-likeness (QED) is 0.760. The number of anilines is 1. The van der Waals surface area contributed by atoms with Gasteiger partial charge >= 0.3 is 0 Å². The summed E-state index contributed by atoms with van der Waals surface area (Å²) < 4.78 is 4.90. The number of hydrogen-bond donors (Lipinski definition) is 2. The fourth-order valence-electron chi connectivity index (χ4n) is 0.937. The zero-order chi connectivity index (χ0) is 13.1. The van der Waals surface area contributed by atoms with E-state index in [0.717, 1.165) is 0 Å². The Morgan fingerprint density at radius 3 is 2.06 bits per heavy atom. The molecule has 0 radical (unpaired) electrons. The van der Waals surface area contributed by atoms with Crippen molar-refractivity contribution in [3.63, 3.8) is 0 Å². The second-order valence-electron chi connectivity index (χ2n) is 2.29. The van der Waals surface area contributed by atoms with Crippen LogP contribution in [0.3, 0.4) is 0 Å². The van der Waals surface area contributed by atoms with Gasteiger partial charge in [-0.25, -0.2) is 0 Å². The van der Waals surface area contributed by atoms with Gasteiger partial charge in [0.1, 0.15) is 5.75 Å². The molecule has 0 bridgehead atoms. The molecule has 0 heterocycles. The molecule has 0 aromatic heterocycles. The molecule has 0 unspecified atom stereocenters. The van der Waals surface area contributed by atoms with Crippen LogP contribution in [0.5, 0.6) is 5.75 Å². The maximum absolute atomic E-state index is 10.8. The summed E-state index contributed by atoms with van der Waals surface area (Å²) in [6, 6.07) is 4.89. The lowest BCUT2D eigenvalue weighted by Gasteiger charge is -2.06. The van der Waals surface area contributed by atoms with Crippen molar-refractivity contribution in [1.82, 2.24) is 0 Å². The monoisotopic (exact) mass is 226 g/mol. The van der Waals surface area contributed by atoms with Crippen molar-refractivity contribution in [3.05, 3.63) is 23.8 Å². The van der Waals surface area contributed by atoms with E-state index >= 15 is 0 Å². The van der Waals surface area contributed by atoms with Crippen LogP contribution in [0.4, 0.5) is 5.69 Å². The van der Waals surface area contributed by atoms with E-state index < -0.39 is 5.91 Å². The highest BCUT2D eigenvalue weighted by molar-refractivity contribution is 5.99. The maximum Gasteiger partial charge on any atom is 0.250 e. The first-order valence-corrected chi connectivity index (χ1v) is 5.39. The lowest BCUT2D eigenvalue weighted by atomic mass is 10.1. The molecule has 4 heteroatoms. The van der Waals surface area contributed by atoms with Crippen LogP contribution in [0.1, 0.15) is 38.1 Å². The molecule has 0 aliphatic rings. The van der Waals surface area contributed by atoms with E-state index in [1.807, 2.05) is 27.7 Å². The highest BCUT2D eigenvalue weighted by Crippen LogP contribution is 2.23. The summed E-state index contributed by atoms with van der Waals surface area (Å²) in [4.78, 5) is 10.8. The number of nitrogens with two attached hydrogens (primary N) is 2. The molecule has 0 spiro atoms. The summed E-state index contributed by atoms with van der Waals surface area (Å²) in [5.74, 6) is -0.0855. The number of ether oxygens (including phenoxy) is 1. The van der Waals surface area contributed by atoms with Gasteiger partial charge in [0.05, 0.1) is 18.4 Å². The third kappa shape index (κ3) is 4.68. The lowest BCUT2D eigenvalue weighted by molar-refractivity contribution is 0.100. The van der Waals surface area contributed by atoms with Crippen LogP contribution < -0.4 is 16.2 Å². The predicted octanol–water partition coefficient (Wildman–Crippen LogP) is 2.43. The minimum atomic E-state index is -0.550. The fourth-order valence-corrected chi connectivity index (χ4v) is 0.937. The summed E-state index contributed by atoms with van der Waals surface area (Å²) in [7, 11) is 1.48. The molecular weight excluding hydrogens is 204 g/mol. The van der Waals surface area contributed by atoms with Crippen molar-refractivity contribution >= 4 is 11.6 Å². The summed E-state index contributed by atoms with van der Waals surface area (Å²) in [6.45, 7) is 8.00. The molecule has 1 aromatic rings. The number of methoxy groups -OCH3 is 1. The van der Waals surface area contributed by atoms with Crippen LogP contribution in [-0.2, 0) is 0 Å². The number of carbonyl (C=O) groups is 1. The van der Waals surface area contributed by atoms with Crippen LogP contribution >= 0.6 is 0 Å². The smallest absolute Gasteiger partial charge is 0.250 e. The summed E-state index contributed by atoms with van der Waals surface area (Å²) in [6.07, 6.45) is 0. The molecular formula is C12H22N2O2. The summed E-state index contributed by atoms with van der Waals surface area (Å²) >= 11 is 0. The number of rotatable bonds is 2. The van der Waals surface area contributed by atoms with E-state index in [9.17, 15) is 4.79 Å². The largest absolute Gasteiger partial charge is 0.495 e. The number of amides is 1. The molecule has 0 aliphatic heterocycles. The van der Waals surface area contributed by atoms with Crippen molar-refractivity contribution in [3.8, 4) is 5.75 Å². The fraction of sp³-hybridized carbons (Fsp3) is 0.417. The van der Waals surface area contributed by atoms with Crippen LogP contribution in [0.15, 0.2) is 18.2 Å². The molecule has 0 saturated carbocycles. The normalized spacial score (nSPS) is 7.81. The van der Waals surface area contributed by atoms with E-state index in [2.05, 4.69) is 0 Å². The van der Waals surface area contributed by atoms with E-state index in [1.54, 1.807) is 18.2 Å².